The number of rotatable bonds is 10. The number of aliphatic carboxylic acids is 1. The molecule has 4 aromatic rings. The van der Waals surface area contributed by atoms with E-state index in [4.69, 9.17) is 11.6 Å². The van der Waals surface area contributed by atoms with Crippen LogP contribution in [0.25, 0.3) is 27.8 Å². The summed E-state index contributed by atoms with van der Waals surface area (Å²) >= 11 is 6.75. The first-order valence-electron chi connectivity index (χ1n) is 13.7. The lowest BCUT2D eigenvalue weighted by atomic mass is 9.90. The summed E-state index contributed by atoms with van der Waals surface area (Å²) < 4.78 is 0. The van der Waals surface area contributed by atoms with Gasteiger partial charge in [0, 0.05) is 22.6 Å². The van der Waals surface area contributed by atoms with Crippen LogP contribution in [-0.4, -0.2) is 16.9 Å². The number of aryl methyl sites for hydroxylation is 3. The van der Waals surface area contributed by atoms with Crippen molar-refractivity contribution in [3.63, 3.8) is 0 Å². The molecule has 0 aromatic heterocycles. The van der Waals surface area contributed by atoms with Crippen molar-refractivity contribution < 1.29 is 14.7 Å². The van der Waals surface area contributed by atoms with Crippen LogP contribution in [-0.2, 0) is 22.4 Å². The molecule has 0 heterocycles. The van der Waals surface area contributed by atoms with Gasteiger partial charge in [-0.3, -0.25) is 9.59 Å². The Morgan fingerprint density at radius 2 is 1.43 bits per heavy atom. The number of Topliss-reactive ketones (excluding diaryl/α,β-unsaturated/α-hetero) is 1. The fourth-order valence-corrected chi connectivity index (χ4v) is 5.26. The van der Waals surface area contributed by atoms with Crippen LogP contribution in [0.4, 0.5) is 0 Å². The third-order valence-corrected chi connectivity index (χ3v) is 7.57. The van der Waals surface area contributed by atoms with Crippen LogP contribution in [0.2, 0.25) is 5.02 Å². The van der Waals surface area contributed by atoms with Gasteiger partial charge in [-0.2, -0.15) is 0 Å². The second kappa shape index (κ2) is 12.9. The summed E-state index contributed by atoms with van der Waals surface area (Å²) in [5.74, 6) is -0.766. The Balaban J connectivity index is 1.71. The lowest BCUT2D eigenvalue weighted by Crippen LogP contribution is -2.05. The molecular formula is C36H35ClO3. The highest BCUT2D eigenvalue weighted by molar-refractivity contribution is 6.33. The van der Waals surface area contributed by atoms with Crippen LogP contribution in [0.1, 0.15) is 53.1 Å². The highest BCUT2D eigenvalue weighted by Crippen LogP contribution is 2.35. The van der Waals surface area contributed by atoms with Crippen molar-refractivity contribution in [2.24, 2.45) is 0 Å². The van der Waals surface area contributed by atoms with Crippen LogP contribution in [0.15, 0.2) is 84.9 Å². The Bertz CT molecular complexity index is 1560. The number of halogens is 1. The molecule has 204 valence electrons. The van der Waals surface area contributed by atoms with Gasteiger partial charge in [-0.05, 0) is 90.3 Å². The molecule has 0 aliphatic carbocycles. The SMILES string of the molecule is CCCC(=O)/C(=C\Cc1ccc(C)c(CC(=O)O)c1)c1cc(-c2ccc(-c3ccc(C)cc3)cc2)c(Cl)cc1C. The maximum atomic E-state index is 13.4. The Labute approximate surface area is 242 Å². The van der Waals surface area contributed by atoms with E-state index in [-0.39, 0.29) is 12.2 Å². The van der Waals surface area contributed by atoms with Gasteiger partial charge in [-0.15, -0.1) is 0 Å². The van der Waals surface area contributed by atoms with Gasteiger partial charge in [0.25, 0.3) is 0 Å². The second-order valence-electron chi connectivity index (χ2n) is 10.4. The predicted molar refractivity (Wildman–Crippen MR) is 166 cm³/mol. The molecule has 0 radical (unpaired) electrons. The van der Waals surface area contributed by atoms with Crippen molar-refractivity contribution in [1.82, 2.24) is 0 Å². The molecule has 0 aliphatic heterocycles. The molecule has 4 aromatic carbocycles. The van der Waals surface area contributed by atoms with Crippen LogP contribution < -0.4 is 0 Å². The van der Waals surface area contributed by atoms with Crippen LogP contribution >= 0.6 is 11.6 Å². The summed E-state index contributed by atoms with van der Waals surface area (Å²) in [6.07, 6.45) is 3.69. The molecule has 0 fully saturated rings. The summed E-state index contributed by atoms with van der Waals surface area (Å²) in [7, 11) is 0. The van der Waals surface area contributed by atoms with Crippen molar-refractivity contribution in [1.29, 1.82) is 0 Å². The van der Waals surface area contributed by atoms with E-state index in [1.165, 1.54) is 5.56 Å². The van der Waals surface area contributed by atoms with E-state index in [0.29, 0.717) is 23.4 Å². The minimum absolute atomic E-state index is 0.0205. The average molecular weight is 551 g/mol. The van der Waals surface area contributed by atoms with Gasteiger partial charge in [0.1, 0.15) is 0 Å². The van der Waals surface area contributed by atoms with E-state index in [1.807, 2.05) is 57.2 Å². The van der Waals surface area contributed by atoms with Gasteiger partial charge in [0.2, 0.25) is 0 Å². The van der Waals surface area contributed by atoms with E-state index in [9.17, 15) is 14.7 Å². The number of carboxylic acids is 1. The van der Waals surface area contributed by atoms with Crippen molar-refractivity contribution in [3.05, 3.63) is 123 Å². The molecule has 4 heteroatoms. The second-order valence-corrected chi connectivity index (χ2v) is 10.8. The zero-order valence-corrected chi connectivity index (χ0v) is 24.3. The molecule has 0 bridgehead atoms. The van der Waals surface area contributed by atoms with Crippen molar-refractivity contribution in [2.75, 3.05) is 0 Å². The summed E-state index contributed by atoms with van der Waals surface area (Å²) in [4.78, 5) is 24.7. The Morgan fingerprint density at radius 3 is 2.05 bits per heavy atom. The molecule has 3 nitrogen and oxygen atoms in total. The van der Waals surface area contributed by atoms with Crippen LogP contribution in [0.3, 0.4) is 0 Å². The van der Waals surface area contributed by atoms with E-state index >= 15 is 0 Å². The molecule has 0 amide bonds. The molecule has 0 unspecified atom stereocenters. The first kappa shape index (κ1) is 29.0. The lowest BCUT2D eigenvalue weighted by Gasteiger charge is -2.15. The van der Waals surface area contributed by atoms with Gasteiger partial charge in [-0.25, -0.2) is 0 Å². The molecule has 4 rings (SSSR count). The number of allylic oxidation sites excluding steroid dienone is 2. The Morgan fingerprint density at radius 1 is 0.800 bits per heavy atom. The molecule has 0 spiro atoms. The number of benzene rings is 4. The number of hydrogen-bond acceptors (Lipinski definition) is 2. The highest BCUT2D eigenvalue weighted by atomic mass is 35.5. The van der Waals surface area contributed by atoms with Gasteiger partial charge in [-0.1, -0.05) is 96.9 Å². The Kier molecular flexibility index (Phi) is 9.39. The lowest BCUT2D eigenvalue weighted by molar-refractivity contribution is -0.136. The molecular weight excluding hydrogens is 516 g/mol. The number of carboxylic acid groups (broad SMARTS) is 1. The molecule has 1 N–H and O–H groups in total. The summed E-state index contributed by atoms with van der Waals surface area (Å²) in [6.45, 7) is 7.98. The topological polar surface area (TPSA) is 54.4 Å². The van der Waals surface area contributed by atoms with Crippen LogP contribution in [0.5, 0.6) is 0 Å². The Hall–Kier alpha value is -3.95. The van der Waals surface area contributed by atoms with E-state index in [0.717, 1.165) is 56.5 Å². The van der Waals surface area contributed by atoms with Crippen molar-refractivity contribution in [3.8, 4) is 22.3 Å². The maximum Gasteiger partial charge on any atom is 0.307 e. The molecule has 0 saturated carbocycles. The first-order valence-corrected chi connectivity index (χ1v) is 14.1. The normalized spacial score (nSPS) is 11.5. The third-order valence-electron chi connectivity index (χ3n) is 7.26. The smallest absolute Gasteiger partial charge is 0.307 e. The van der Waals surface area contributed by atoms with Crippen molar-refractivity contribution >= 4 is 28.9 Å². The highest BCUT2D eigenvalue weighted by Gasteiger charge is 2.17. The van der Waals surface area contributed by atoms with Crippen molar-refractivity contribution in [2.45, 2.75) is 53.4 Å². The molecule has 0 atom stereocenters. The maximum absolute atomic E-state index is 13.4. The van der Waals surface area contributed by atoms with E-state index in [1.54, 1.807) is 0 Å². The van der Waals surface area contributed by atoms with Gasteiger partial charge in [0.15, 0.2) is 5.78 Å². The largest absolute Gasteiger partial charge is 0.481 e. The number of hydrogen-bond donors (Lipinski definition) is 1. The zero-order chi connectivity index (χ0) is 28.8. The third kappa shape index (κ3) is 6.97. The quantitative estimate of drug-likeness (QED) is 0.200. The summed E-state index contributed by atoms with van der Waals surface area (Å²) in [5.41, 5.74) is 10.6. The minimum Gasteiger partial charge on any atom is -0.481 e. The number of ketones is 1. The van der Waals surface area contributed by atoms with Gasteiger partial charge >= 0.3 is 5.97 Å². The predicted octanol–water partition coefficient (Wildman–Crippen LogP) is 9.22. The fourth-order valence-electron chi connectivity index (χ4n) is 4.93. The fraction of sp³-hybridized carbons (Fsp3) is 0.222. The van der Waals surface area contributed by atoms with E-state index < -0.39 is 5.97 Å². The van der Waals surface area contributed by atoms with E-state index in [2.05, 4.69) is 55.5 Å². The minimum atomic E-state index is -0.856. The number of carbonyl (C=O) groups is 2. The average Bonchev–Trinajstić information content (AvgIpc) is 2.92. The molecule has 0 aliphatic rings. The molecule has 0 saturated heterocycles. The summed E-state index contributed by atoms with van der Waals surface area (Å²) in [5, 5.41) is 9.91. The molecule has 40 heavy (non-hydrogen) atoms. The standard InChI is InChI=1S/C36H35ClO3/c1-5-6-35(38)31(18-11-26-10-9-24(3)30(20-26)21-36(39)40)32-22-33(34(37)19-25(32)4)29-16-14-28(15-17-29)27-12-7-23(2)8-13-27/h7-10,12-20,22H,5-6,11,21H2,1-4H3,(H,39,40)/b31-18-. The monoisotopic (exact) mass is 550 g/mol. The first-order chi connectivity index (χ1) is 19.2. The summed E-state index contributed by atoms with van der Waals surface area (Å²) in [6, 6.07) is 26.6. The van der Waals surface area contributed by atoms with Crippen LogP contribution in [0, 0.1) is 20.8 Å². The number of carbonyl (C=O) groups excluding carboxylic acids is 1. The zero-order valence-electron chi connectivity index (χ0n) is 23.6. The van der Waals surface area contributed by atoms with Gasteiger partial charge < -0.3 is 5.11 Å². The van der Waals surface area contributed by atoms with Gasteiger partial charge in [0.05, 0.1) is 6.42 Å².